The molecule has 0 unspecified atom stereocenters. The van der Waals surface area contributed by atoms with Crippen molar-refractivity contribution < 1.29 is 23.9 Å². The van der Waals surface area contributed by atoms with Crippen molar-refractivity contribution in [3.63, 3.8) is 0 Å². The van der Waals surface area contributed by atoms with Crippen LogP contribution in [0.25, 0.3) is 5.69 Å². The highest BCUT2D eigenvalue weighted by molar-refractivity contribution is 6.31. The zero-order valence-electron chi connectivity index (χ0n) is 16.6. The molecule has 1 N–H and O–H groups in total. The van der Waals surface area contributed by atoms with E-state index in [-0.39, 0.29) is 12.4 Å². The summed E-state index contributed by atoms with van der Waals surface area (Å²) in [5.74, 6) is -0.847. The van der Waals surface area contributed by atoms with E-state index in [1.165, 1.54) is 17.3 Å². The fourth-order valence-corrected chi connectivity index (χ4v) is 2.77. The highest BCUT2D eigenvalue weighted by atomic mass is 35.5. The highest BCUT2D eigenvalue weighted by Gasteiger charge is 2.13. The van der Waals surface area contributed by atoms with E-state index in [4.69, 9.17) is 21.1 Å². The van der Waals surface area contributed by atoms with Crippen molar-refractivity contribution in [2.24, 2.45) is 0 Å². The quantitative estimate of drug-likeness (QED) is 0.400. The molecule has 160 valence electrons. The van der Waals surface area contributed by atoms with Crippen LogP contribution < -0.4 is 10.1 Å². The molecule has 1 aromatic heterocycles. The fourth-order valence-electron chi connectivity index (χ4n) is 2.60. The Morgan fingerprint density at radius 3 is 2.55 bits per heavy atom. The largest absolute Gasteiger partial charge is 0.482 e. The summed E-state index contributed by atoms with van der Waals surface area (Å²) in [7, 11) is 0. The van der Waals surface area contributed by atoms with Gasteiger partial charge in [-0.1, -0.05) is 18.5 Å². The van der Waals surface area contributed by atoms with Crippen LogP contribution in [0.5, 0.6) is 5.75 Å². The van der Waals surface area contributed by atoms with Crippen molar-refractivity contribution in [2.75, 3.05) is 18.5 Å². The molecule has 9 nitrogen and oxygen atoms in total. The number of amides is 1. The number of nitrogens with zero attached hydrogens (tertiary/aromatic N) is 3. The van der Waals surface area contributed by atoms with Crippen LogP contribution in [0.15, 0.2) is 55.1 Å². The summed E-state index contributed by atoms with van der Waals surface area (Å²) in [5, 5.41) is 7.06. The number of hydrogen-bond acceptors (Lipinski definition) is 7. The molecule has 3 aromatic rings. The van der Waals surface area contributed by atoms with Gasteiger partial charge in [0.25, 0.3) is 5.91 Å². The van der Waals surface area contributed by atoms with E-state index in [2.05, 4.69) is 15.4 Å². The van der Waals surface area contributed by atoms with Crippen LogP contribution in [-0.4, -0.2) is 45.6 Å². The average molecular weight is 443 g/mol. The number of benzene rings is 2. The van der Waals surface area contributed by atoms with E-state index < -0.39 is 18.5 Å². The number of Topliss-reactive ketones (excluding diaryl/α,β-unsaturated/α-hetero) is 1. The van der Waals surface area contributed by atoms with Gasteiger partial charge in [0.05, 0.1) is 11.4 Å². The Morgan fingerprint density at radius 2 is 1.87 bits per heavy atom. The summed E-state index contributed by atoms with van der Waals surface area (Å²) in [6.45, 7) is 0.895. The summed E-state index contributed by atoms with van der Waals surface area (Å²) in [6, 6.07) is 11.3. The smallest absolute Gasteiger partial charge is 0.344 e. The Kier molecular flexibility index (Phi) is 7.34. The number of ketones is 1. The van der Waals surface area contributed by atoms with Crippen molar-refractivity contribution >= 4 is 34.9 Å². The third-order valence-electron chi connectivity index (χ3n) is 4.12. The number of carbonyl (C=O) groups excluding carboxylic acids is 3. The van der Waals surface area contributed by atoms with Crippen molar-refractivity contribution in [2.45, 2.75) is 13.3 Å². The van der Waals surface area contributed by atoms with Gasteiger partial charge in [0, 0.05) is 17.0 Å². The molecule has 0 aliphatic heterocycles. The van der Waals surface area contributed by atoms with Crippen LogP contribution in [0.3, 0.4) is 0 Å². The molecular weight excluding hydrogens is 424 g/mol. The normalized spacial score (nSPS) is 10.4. The predicted octanol–water partition coefficient (Wildman–Crippen LogP) is 3.07. The van der Waals surface area contributed by atoms with Crippen LogP contribution in [0.4, 0.5) is 5.69 Å². The fraction of sp³-hybridized carbons (Fsp3) is 0.190. The van der Waals surface area contributed by atoms with E-state index in [0.29, 0.717) is 34.1 Å². The minimum Gasteiger partial charge on any atom is -0.482 e. The van der Waals surface area contributed by atoms with Crippen LogP contribution in [-0.2, 0) is 14.3 Å². The third-order valence-corrected chi connectivity index (χ3v) is 4.35. The number of nitrogens with one attached hydrogen (secondary N) is 1. The maximum absolute atomic E-state index is 12.2. The lowest BCUT2D eigenvalue weighted by Gasteiger charge is -2.12. The molecule has 0 bridgehead atoms. The number of anilines is 1. The lowest BCUT2D eigenvalue weighted by molar-refractivity contribution is -0.149. The monoisotopic (exact) mass is 442 g/mol. The molecule has 31 heavy (non-hydrogen) atoms. The van der Waals surface area contributed by atoms with Gasteiger partial charge in [-0.05, 0) is 42.5 Å². The van der Waals surface area contributed by atoms with Crippen LogP contribution >= 0.6 is 11.6 Å². The molecule has 0 radical (unpaired) electrons. The summed E-state index contributed by atoms with van der Waals surface area (Å²) >= 11 is 6.01. The van der Waals surface area contributed by atoms with Crippen molar-refractivity contribution in [3.8, 4) is 11.4 Å². The van der Waals surface area contributed by atoms with Gasteiger partial charge in [-0.2, -0.15) is 5.10 Å². The molecule has 1 heterocycles. The summed E-state index contributed by atoms with van der Waals surface area (Å²) in [6.07, 6.45) is 3.24. The number of esters is 1. The molecule has 0 aliphatic rings. The zero-order valence-corrected chi connectivity index (χ0v) is 17.3. The molecular formula is C21H19ClN4O5. The number of aromatic nitrogens is 3. The Balaban J connectivity index is 1.49. The van der Waals surface area contributed by atoms with Crippen LogP contribution in [0.1, 0.15) is 23.7 Å². The standard InChI is InChI=1S/C21H19ClN4O5/c1-2-19(27)14-3-6-16(7-4-14)30-11-21(29)31-10-20(28)25-17-9-15(22)5-8-18(17)26-13-23-12-24-26/h3-9,12-13H,2,10-11H2,1H3,(H,25,28). The Bertz CT molecular complexity index is 1070. The van der Waals surface area contributed by atoms with Gasteiger partial charge >= 0.3 is 5.97 Å². The van der Waals surface area contributed by atoms with Gasteiger partial charge in [-0.3, -0.25) is 9.59 Å². The van der Waals surface area contributed by atoms with Gasteiger partial charge in [-0.15, -0.1) is 0 Å². The summed E-state index contributed by atoms with van der Waals surface area (Å²) in [4.78, 5) is 39.6. The Hall–Kier alpha value is -3.72. The summed E-state index contributed by atoms with van der Waals surface area (Å²) in [5.41, 5.74) is 1.51. The van der Waals surface area contributed by atoms with E-state index in [1.807, 2.05) is 0 Å². The van der Waals surface area contributed by atoms with Crippen molar-refractivity contribution in [1.82, 2.24) is 14.8 Å². The van der Waals surface area contributed by atoms with Crippen molar-refractivity contribution in [3.05, 3.63) is 65.7 Å². The van der Waals surface area contributed by atoms with Gasteiger partial charge in [0.2, 0.25) is 0 Å². The number of rotatable bonds is 9. The minimum atomic E-state index is -0.716. The molecule has 1 amide bonds. The lowest BCUT2D eigenvalue weighted by Crippen LogP contribution is -2.24. The highest BCUT2D eigenvalue weighted by Crippen LogP contribution is 2.23. The molecule has 0 saturated carbocycles. The molecule has 0 spiro atoms. The Morgan fingerprint density at radius 1 is 1.10 bits per heavy atom. The van der Waals surface area contributed by atoms with Gasteiger partial charge in [-0.25, -0.2) is 14.5 Å². The molecule has 2 aromatic carbocycles. The van der Waals surface area contributed by atoms with Gasteiger partial charge < -0.3 is 14.8 Å². The molecule has 0 fully saturated rings. The molecule has 3 rings (SSSR count). The van der Waals surface area contributed by atoms with E-state index >= 15 is 0 Å². The lowest BCUT2D eigenvalue weighted by atomic mass is 10.1. The SMILES string of the molecule is CCC(=O)c1ccc(OCC(=O)OCC(=O)Nc2cc(Cl)ccc2-n2cncn2)cc1. The van der Waals surface area contributed by atoms with Crippen LogP contribution in [0.2, 0.25) is 5.02 Å². The van der Waals surface area contributed by atoms with E-state index in [0.717, 1.165) is 0 Å². The maximum Gasteiger partial charge on any atom is 0.344 e. The zero-order chi connectivity index (χ0) is 22.2. The molecule has 10 heteroatoms. The number of halogens is 1. The molecule has 0 saturated heterocycles. The first kappa shape index (κ1) is 22.0. The first-order valence-corrected chi connectivity index (χ1v) is 9.70. The Labute approximate surface area is 182 Å². The molecule has 0 aliphatic carbocycles. The van der Waals surface area contributed by atoms with E-state index in [9.17, 15) is 14.4 Å². The van der Waals surface area contributed by atoms with Crippen LogP contribution in [0, 0.1) is 0 Å². The maximum atomic E-state index is 12.2. The summed E-state index contributed by atoms with van der Waals surface area (Å²) < 4.78 is 11.7. The average Bonchev–Trinajstić information content (AvgIpc) is 3.31. The minimum absolute atomic E-state index is 0.0173. The van der Waals surface area contributed by atoms with Gasteiger partial charge in [0.15, 0.2) is 19.0 Å². The van der Waals surface area contributed by atoms with E-state index in [1.54, 1.807) is 49.4 Å². The number of carbonyl (C=O) groups is 3. The number of hydrogen-bond donors (Lipinski definition) is 1. The topological polar surface area (TPSA) is 112 Å². The molecule has 0 atom stereocenters. The first-order chi connectivity index (χ1) is 15.0. The van der Waals surface area contributed by atoms with Gasteiger partial charge in [0.1, 0.15) is 18.4 Å². The second-order valence-electron chi connectivity index (χ2n) is 6.30. The predicted molar refractivity (Wildman–Crippen MR) is 113 cm³/mol. The van der Waals surface area contributed by atoms with Crippen molar-refractivity contribution in [1.29, 1.82) is 0 Å². The second kappa shape index (κ2) is 10.4. The number of ether oxygens (including phenoxy) is 2. The second-order valence-corrected chi connectivity index (χ2v) is 6.74. The third kappa shape index (κ3) is 6.13. The first-order valence-electron chi connectivity index (χ1n) is 9.32.